The Kier molecular flexibility index (Phi) is 6.36. The summed E-state index contributed by atoms with van der Waals surface area (Å²) in [6, 6.07) is 7.38. The fourth-order valence-electron chi connectivity index (χ4n) is 4.62. The molecular formula is C22H28ClNO4. The van der Waals surface area contributed by atoms with E-state index in [4.69, 9.17) is 25.8 Å². The van der Waals surface area contributed by atoms with Crippen LogP contribution in [0, 0.1) is 11.8 Å². The van der Waals surface area contributed by atoms with Crippen LogP contribution in [0.15, 0.2) is 30.5 Å². The number of nitrogens with zero attached hydrogens (tertiary/aromatic N) is 1. The van der Waals surface area contributed by atoms with Crippen molar-refractivity contribution in [1.82, 2.24) is 4.90 Å². The fraction of sp³-hybridized carbons (Fsp3) is 0.591. The van der Waals surface area contributed by atoms with Gasteiger partial charge >= 0.3 is 0 Å². The van der Waals surface area contributed by atoms with E-state index < -0.39 is 0 Å². The van der Waals surface area contributed by atoms with E-state index in [1.165, 1.54) is 0 Å². The number of carbonyl (C=O) groups excluding carboxylic acids is 1. The molecule has 2 fully saturated rings. The van der Waals surface area contributed by atoms with E-state index >= 15 is 0 Å². The first kappa shape index (κ1) is 19.9. The Morgan fingerprint density at radius 3 is 2.86 bits per heavy atom. The number of hydrogen-bond acceptors (Lipinski definition) is 5. The van der Waals surface area contributed by atoms with Crippen LogP contribution in [0.3, 0.4) is 0 Å². The molecule has 1 aromatic carbocycles. The van der Waals surface area contributed by atoms with E-state index in [9.17, 15) is 4.79 Å². The number of rotatable bonds is 6. The molecule has 6 heteroatoms. The first-order valence-corrected chi connectivity index (χ1v) is 10.6. The lowest BCUT2D eigenvalue weighted by Crippen LogP contribution is -2.56. The highest BCUT2D eigenvalue weighted by atomic mass is 35.5. The fourth-order valence-corrected chi connectivity index (χ4v) is 4.75. The third-order valence-corrected chi connectivity index (χ3v) is 6.32. The third-order valence-electron chi connectivity index (χ3n) is 6.07. The van der Waals surface area contributed by atoms with Gasteiger partial charge in [-0.25, -0.2) is 0 Å². The molecule has 28 heavy (non-hydrogen) atoms. The minimum atomic E-state index is -0.100. The molecule has 2 heterocycles. The van der Waals surface area contributed by atoms with Gasteiger partial charge in [-0.3, -0.25) is 9.69 Å². The molecule has 0 radical (unpaired) electrons. The van der Waals surface area contributed by atoms with E-state index in [1.54, 1.807) is 6.26 Å². The van der Waals surface area contributed by atoms with Gasteiger partial charge < -0.3 is 14.2 Å². The number of hydrogen-bond donors (Lipinski definition) is 0. The normalized spacial score (nSPS) is 30.2. The average molecular weight is 406 g/mol. The number of ether oxygens (including phenoxy) is 3. The van der Waals surface area contributed by atoms with Crippen molar-refractivity contribution >= 4 is 23.0 Å². The molecule has 0 N–H and O–H groups in total. The minimum Gasteiger partial charge on any atom is -0.496 e. The van der Waals surface area contributed by atoms with E-state index in [1.807, 2.05) is 31.2 Å². The van der Waals surface area contributed by atoms with Crippen LogP contribution >= 0.6 is 11.6 Å². The van der Waals surface area contributed by atoms with Crippen molar-refractivity contribution < 1.29 is 19.0 Å². The molecule has 0 spiro atoms. The van der Waals surface area contributed by atoms with Gasteiger partial charge in [-0.05, 0) is 43.9 Å². The van der Waals surface area contributed by atoms with Crippen molar-refractivity contribution in [2.75, 3.05) is 33.0 Å². The Labute approximate surface area is 171 Å². The molecule has 3 aliphatic rings. The molecule has 0 aromatic heterocycles. The Morgan fingerprint density at radius 1 is 1.25 bits per heavy atom. The van der Waals surface area contributed by atoms with Gasteiger partial charge in [-0.15, -0.1) is 0 Å². The predicted octanol–water partition coefficient (Wildman–Crippen LogP) is 3.76. The number of benzene rings is 1. The summed E-state index contributed by atoms with van der Waals surface area (Å²) in [5.74, 6) is 0.320. The summed E-state index contributed by atoms with van der Waals surface area (Å²) in [4.78, 5) is 15.5. The molecular weight excluding hydrogens is 378 g/mol. The van der Waals surface area contributed by atoms with Crippen molar-refractivity contribution in [3.8, 4) is 0 Å². The maximum absolute atomic E-state index is 13.2. The van der Waals surface area contributed by atoms with Gasteiger partial charge in [-0.1, -0.05) is 23.7 Å². The largest absolute Gasteiger partial charge is 0.496 e. The molecule has 5 nitrogen and oxygen atoms in total. The number of ketones is 1. The molecule has 152 valence electrons. The van der Waals surface area contributed by atoms with Crippen LogP contribution in [0.4, 0.5) is 0 Å². The molecule has 1 saturated carbocycles. The average Bonchev–Trinajstić information content (AvgIpc) is 2.72. The van der Waals surface area contributed by atoms with Gasteiger partial charge in [0, 0.05) is 37.2 Å². The lowest BCUT2D eigenvalue weighted by atomic mass is 9.71. The van der Waals surface area contributed by atoms with Crippen LogP contribution in [0.2, 0.25) is 5.02 Å². The second kappa shape index (κ2) is 8.95. The highest BCUT2D eigenvalue weighted by molar-refractivity contribution is 6.30. The molecule has 1 aliphatic carbocycles. The second-order valence-corrected chi connectivity index (χ2v) is 8.25. The van der Waals surface area contributed by atoms with Crippen molar-refractivity contribution in [2.45, 2.75) is 38.4 Å². The SMILES string of the molecule is CCOCCCN1COC2CCC3C(=O)C(c4ccc(Cl)cc4)=COC3C2C1. The van der Waals surface area contributed by atoms with Gasteiger partial charge in [0.05, 0.1) is 30.6 Å². The number of allylic oxidation sites excluding steroid dienone is 1. The first-order valence-electron chi connectivity index (χ1n) is 10.2. The van der Waals surface area contributed by atoms with E-state index in [0.717, 1.165) is 51.1 Å². The molecule has 4 atom stereocenters. The maximum atomic E-state index is 13.2. The third kappa shape index (κ3) is 4.13. The molecule has 0 amide bonds. The lowest BCUT2D eigenvalue weighted by molar-refractivity contribution is -0.170. The summed E-state index contributed by atoms with van der Waals surface area (Å²) in [5, 5.41) is 0.663. The summed E-state index contributed by atoms with van der Waals surface area (Å²) in [6.07, 6.45) is 4.47. The quantitative estimate of drug-likeness (QED) is 0.674. The zero-order valence-electron chi connectivity index (χ0n) is 16.3. The highest BCUT2D eigenvalue weighted by Gasteiger charge is 2.48. The Bertz CT molecular complexity index is 720. The van der Waals surface area contributed by atoms with Crippen LogP contribution in [0.25, 0.3) is 5.57 Å². The van der Waals surface area contributed by atoms with E-state index in [-0.39, 0.29) is 29.8 Å². The van der Waals surface area contributed by atoms with Crippen molar-refractivity contribution in [3.05, 3.63) is 41.1 Å². The summed E-state index contributed by atoms with van der Waals surface area (Å²) in [5.41, 5.74) is 1.52. The smallest absolute Gasteiger partial charge is 0.173 e. The van der Waals surface area contributed by atoms with Crippen LogP contribution in [0.1, 0.15) is 31.7 Å². The van der Waals surface area contributed by atoms with E-state index in [0.29, 0.717) is 17.3 Å². The lowest BCUT2D eigenvalue weighted by Gasteiger charge is -2.48. The Morgan fingerprint density at radius 2 is 2.07 bits per heavy atom. The minimum absolute atomic E-state index is 0.0936. The first-order chi connectivity index (χ1) is 13.7. The molecule has 4 unspecified atom stereocenters. The Hall–Kier alpha value is -1.40. The highest BCUT2D eigenvalue weighted by Crippen LogP contribution is 2.42. The number of halogens is 1. The van der Waals surface area contributed by atoms with Crippen LogP contribution in [-0.2, 0) is 19.0 Å². The van der Waals surface area contributed by atoms with Gasteiger partial charge in [0.1, 0.15) is 6.10 Å². The monoisotopic (exact) mass is 405 g/mol. The maximum Gasteiger partial charge on any atom is 0.173 e. The molecule has 1 saturated heterocycles. The number of carbonyl (C=O) groups is 1. The van der Waals surface area contributed by atoms with Gasteiger partial charge in [0.2, 0.25) is 0 Å². The Balaban J connectivity index is 1.44. The number of fused-ring (bicyclic) bond motifs is 3. The van der Waals surface area contributed by atoms with Crippen LogP contribution < -0.4 is 0 Å². The van der Waals surface area contributed by atoms with Crippen molar-refractivity contribution in [2.24, 2.45) is 11.8 Å². The molecule has 4 rings (SSSR count). The zero-order valence-corrected chi connectivity index (χ0v) is 17.1. The molecule has 2 aliphatic heterocycles. The summed E-state index contributed by atoms with van der Waals surface area (Å²) < 4.78 is 17.7. The van der Waals surface area contributed by atoms with Crippen molar-refractivity contribution in [3.63, 3.8) is 0 Å². The summed E-state index contributed by atoms with van der Waals surface area (Å²) >= 11 is 5.98. The van der Waals surface area contributed by atoms with Gasteiger partial charge in [0.25, 0.3) is 0 Å². The summed E-state index contributed by atoms with van der Waals surface area (Å²) in [6.45, 7) is 6.05. The number of Topliss-reactive ketones (excluding diaryl/α,β-unsaturated/α-hetero) is 1. The van der Waals surface area contributed by atoms with Crippen molar-refractivity contribution in [1.29, 1.82) is 0 Å². The topological polar surface area (TPSA) is 48.0 Å². The van der Waals surface area contributed by atoms with Crippen LogP contribution in [-0.4, -0.2) is 55.9 Å². The van der Waals surface area contributed by atoms with Gasteiger partial charge in [0.15, 0.2) is 5.78 Å². The zero-order chi connectivity index (χ0) is 19.5. The molecule has 1 aromatic rings. The molecule has 0 bridgehead atoms. The van der Waals surface area contributed by atoms with Gasteiger partial charge in [-0.2, -0.15) is 0 Å². The van der Waals surface area contributed by atoms with E-state index in [2.05, 4.69) is 4.90 Å². The standard InChI is InChI=1S/C22H28ClNO4/c1-2-26-11-3-10-24-12-18-20(28-14-24)9-8-17-21(25)19(13-27-22(17)18)15-4-6-16(23)7-5-15/h4-7,13,17-18,20,22H,2-3,8-12,14H2,1H3. The predicted molar refractivity (Wildman–Crippen MR) is 108 cm³/mol. The second-order valence-electron chi connectivity index (χ2n) is 7.81. The van der Waals surface area contributed by atoms with Crippen LogP contribution in [0.5, 0.6) is 0 Å². The summed E-state index contributed by atoms with van der Waals surface area (Å²) in [7, 11) is 0.